The molecule has 17 heavy (non-hydrogen) atoms. The third-order valence-electron chi connectivity index (χ3n) is 2.95. The minimum atomic E-state index is 0.0422. The molecular weight excluding hydrogens is 212 g/mol. The van der Waals surface area contributed by atoms with Crippen LogP contribution in [0.3, 0.4) is 0 Å². The van der Waals surface area contributed by atoms with Gasteiger partial charge in [0.25, 0.3) is 0 Å². The van der Waals surface area contributed by atoms with Crippen molar-refractivity contribution in [2.75, 3.05) is 0 Å². The second-order valence-electron chi connectivity index (χ2n) is 4.83. The smallest absolute Gasteiger partial charge is 0.223 e. The number of carbonyl (C=O) groups excluding carboxylic acids is 1. The third kappa shape index (κ3) is 7.82. The fourth-order valence-corrected chi connectivity index (χ4v) is 1.66. The van der Waals surface area contributed by atoms with Crippen LogP contribution in [0, 0.1) is 18.3 Å². The van der Waals surface area contributed by atoms with E-state index in [0.717, 1.165) is 25.7 Å². The molecule has 3 heteroatoms. The monoisotopic (exact) mass is 238 g/mol. The van der Waals surface area contributed by atoms with Crippen molar-refractivity contribution in [3.63, 3.8) is 0 Å². The van der Waals surface area contributed by atoms with Crippen LogP contribution in [0.15, 0.2) is 0 Å². The summed E-state index contributed by atoms with van der Waals surface area (Å²) in [6.07, 6.45) is 9.60. The zero-order valence-corrected chi connectivity index (χ0v) is 11.3. The number of carbonyl (C=O) groups is 1. The van der Waals surface area contributed by atoms with Gasteiger partial charge < -0.3 is 11.1 Å². The maximum absolute atomic E-state index is 11.9. The second-order valence-corrected chi connectivity index (χ2v) is 4.83. The highest BCUT2D eigenvalue weighted by molar-refractivity contribution is 5.78. The highest BCUT2D eigenvalue weighted by Crippen LogP contribution is 2.10. The average Bonchev–Trinajstić information content (AvgIpc) is 2.27. The molecule has 0 aliphatic rings. The highest BCUT2D eigenvalue weighted by Gasteiger charge is 2.15. The lowest BCUT2D eigenvalue weighted by Gasteiger charge is -2.18. The number of amides is 1. The molecule has 0 heterocycles. The predicted molar refractivity (Wildman–Crippen MR) is 72.3 cm³/mol. The van der Waals surface area contributed by atoms with Crippen molar-refractivity contribution in [1.29, 1.82) is 0 Å². The van der Waals surface area contributed by atoms with E-state index in [1.165, 1.54) is 0 Å². The number of nitrogens with one attached hydrogen (secondary N) is 1. The first-order valence-electron chi connectivity index (χ1n) is 6.50. The second kappa shape index (κ2) is 9.07. The minimum absolute atomic E-state index is 0.0422. The van der Waals surface area contributed by atoms with Crippen molar-refractivity contribution in [2.45, 2.75) is 65.0 Å². The zero-order valence-electron chi connectivity index (χ0n) is 11.3. The van der Waals surface area contributed by atoms with E-state index in [1.807, 2.05) is 20.8 Å². The first-order valence-corrected chi connectivity index (χ1v) is 6.50. The molecule has 0 bridgehead atoms. The van der Waals surface area contributed by atoms with E-state index in [9.17, 15) is 4.79 Å². The molecule has 0 saturated carbocycles. The topological polar surface area (TPSA) is 55.1 Å². The Labute approximate surface area is 106 Å². The lowest BCUT2D eigenvalue weighted by atomic mass is 10.0. The van der Waals surface area contributed by atoms with Crippen LogP contribution in [0.5, 0.6) is 0 Å². The summed E-state index contributed by atoms with van der Waals surface area (Å²) >= 11 is 0. The number of hydrogen-bond donors (Lipinski definition) is 2. The van der Waals surface area contributed by atoms with Crippen molar-refractivity contribution in [3.05, 3.63) is 0 Å². The molecule has 0 aromatic heterocycles. The summed E-state index contributed by atoms with van der Waals surface area (Å²) in [5.41, 5.74) is 5.67. The Morgan fingerprint density at radius 3 is 2.53 bits per heavy atom. The summed E-state index contributed by atoms with van der Waals surface area (Å²) in [4.78, 5) is 11.9. The molecule has 0 aliphatic carbocycles. The van der Waals surface area contributed by atoms with Gasteiger partial charge in [-0.2, -0.15) is 0 Å². The predicted octanol–water partition coefficient (Wildman–Crippen LogP) is 2.06. The van der Waals surface area contributed by atoms with Crippen LogP contribution in [-0.4, -0.2) is 18.0 Å². The van der Waals surface area contributed by atoms with E-state index in [0.29, 0.717) is 6.42 Å². The SMILES string of the molecule is C#CCC(CC)NC(=O)C(C)CCCC(C)N. The van der Waals surface area contributed by atoms with Gasteiger partial charge in [-0.15, -0.1) is 12.3 Å². The molecule has 0 rings (SSSR count). The van der Waals surface area contributed by atoms with Crippen LogP contribution in [0.4, 0.5) is 0 Å². The quantitative estimate of drug-likeness (QED) is 0.636. The van der Waals surface area contributed by atoms with Gasteiger partial charge >= 0.3 is 0 Å². The van der Waals surface area contributed by atoms with Crippen molar-refractivity contribution in [1.82, 2.24) is 5.32 Å². The zero-order chi connectivity index (χ0) is 13.3. The van der Waals surface area contributed by atoms with Crippen molar-refractivity contribution >= 4 is 5.91 Å². The van der Waals surface area contributed by atoms with Gasteiger partial charge in [0, 0.05) is 24.4 Å². The van der Waals surface area contributed by atoms with Crippen LogP contribution < -0.4 is 11.1 Å². The summed E-state index contributed by atoms with van der Waals surface area (Å²) in [5.74, 6) is 2.74. The average molecular weight is 238 g/mol. The maximum atomic E-state index is 11.9. The van der Waals surface area contributed by atoms with E-state index in [-0.39, 0.29) is 23.9 Å². The van der Waals surface area contributed by atoms with Crippen LogP contribution in [0.25, 0.3) is 0 Å². The van der Waals surface area contributed by atoms with Gasteiger partial charge in [-0.1, -0.05) is 20.3 Å². The van der Waals surface area contributed by atoms with Crippen LogP contribution >= 0.6 is 0 Å². The summed E-state index contributed by atoms with van der Waals surface area (Å²) in [5, 5.41) is 2.99. The standard InChI is InChI=1S/C14H26N2O/c1-5-8-13(6-2)16-14(17)11(3)9-7-10-12(4)15/h1,11-13H,6-10,15H2,2-4H3,(H,16,17). The van der Waals surface area contributed by atoms with Gasteiger partial charge in [-0.25, -0.2) is 0 Å². The molecule has 3 unspecified atom stereocenters. The summed E-state index contributed by atoms with van der Waals surface area (Å²) in [7, 11) is 0. The maximum Gasteiger partial charge on any atom is 0.223 e. The van der Waals surface area contributed by atoms with Crippen molar-refractivity contribution < 1.29 is 4.79 Å². The van der Waals surface area contributed by atoms with E-state index in [1.54, 1.807) is 0 Å². The fraction of sp³-hybridized carbons (Fsp3) is 0.786. The molecule has 1 amide bonds. The van der Waals surface area contributed by atoms with Gasteiger partial charge in [-0.05, 0) is 26.2 Å². The molecule has 0 saturated heterocycles. The Balaban J connectivity index is 3.92. The van der Waals surface area contributed by atoms with Crippen LogP contribution in [0.1, 0.15) is 52.9 Å². The lowest BCUT2D eigenvalue weighted by Crippen LogP contribution is -2.37. The Hall–Kier alpha value is -1.01. The molecule has 3 N–H and O–H groups in total. The van der Waals surface area contributed by atoms with E-state index < -0.39 is 0 Å². The summed E-state index contributed by atoms with van der Waals surface area (Å²) in [6.45, 7) is 5.98. The molecule has 0 spiro atoms. The lowest BCUT2D eigenvalue weighted by molar-refractivity contribution is -0.125. The Kier molecular flexibility index (Phi) is 8.53. The third-order valence-corrected chi connectivity index (χ3v) is 2.95. The molecule has 3 atom stereocenters. The van der Waals surface area contributed by atoms with E-state index in [4.69, 9.17) is 12.2 Å². The number of nitrogens with two attached hydrogens (primary N) is 1. The Bertz CT molecular complexity index is 255. The highest BCUT2D eigenvalue weighted by atomic mass is 16.1. The number of hydrogen-bond acceptors (Lipinski definition) is 2. The van der Waals surface area contributed by atoms with E-state index >= 15 is 0 Å². The molecule has 0 aliphatic heterocycles. The van der Waals surface area contributed by atoms with Gasteiger partial charge in [0.2, 0.25) is 5.91 Å². The number of rotatable bonds is 8. The minimum Gasteiger partial charge on any atom is -0.352 e. The Morgan fingerprint density at radius 2 is 2.06 bits per heavy atom. The van der Waals surface area contributed by atoms with Gasteiger partial charge in [-0.3, -0.25) is 4.79 Å². The van der Waals surface area contributed by atoms with Crippen LogP contribution in [0.2, 0.25) is 0 Å². The van der Waals surface area contributed by atoms with Crippen molar-refractivity contribution in [2.24, 2.45) is 11.7 Å². The Morgan fingerprint density at radius 1 is 1.41 bits per heavy atom. The van der Waals surface area contributed by atoms with Crippen molar-refractivity contribution in [3.8, 4) is 12.3 Å². The molecule has 98 valence electrons. The normalized spacial score (nSPS) is 15.7. The van der Waals surface area contributed by atoms with E-state index in [2.05, 4.69) is 11.2 Å². The molecule has 0 aromatic rings. The first kappa shape index (κ1) is 16.0. The number of terminal acetylenes is 1. The molecule has 3 nitrogen and oxygen atoms in total. The first-order chi connectivity index (χ1) is 8.01. The van der Waals surface area contributed by atoms with Gasteiger partial charge in [0.05, 0.1) is 0 Å². The van der Waals surface area contributed by atoms with Gasteiger partial charge in [0.15, 0.2) is 0 Å². The summed E-state index contributed by atoms with van der Waals surface area (Å²) < 4.78 is 0. The molecule has 0 fully saturated rings. The van der Waals surface area contributed by atoms with Crippen LogP contribution in [-0.2, 0) is 4.79 Å². The molecule has 0 aromatic carbocycles. The fourth-order valence-electron chi connectivity index (χ4n) is 1.66. The largest absolute Gasteiger partial charge is 0.352 e. The van der Waals surface area contributed by atoms with Gasteiger partial charge in [0.1, 0.15) is 0 Å². The summed E-state index contributed by atoms with van der Waals surface area (Å²) in [6, 6.07) is 0.332. The molecule has 0 radical (unpaired) electrons. The molecular formula is C14H26N2O.